The number of hydrogen-bond donors (Lipinski definition) is 2. The molecule has 1 rings (SSSR count). The second-order valence-electron chi connectivity index (χ2n) is 7.20. The van der Waals surface area contributed by atoms with Crippen molar-refractivity contribution in [1.82, 2.24) is 10.6 Å². The van der Waals surface area contributed by atoms with Crippen molar-refractivity contribution >= 4 is 17.6 Å². The molecule has 5 nitrogen and oxygen atoms in total. The van der Waals surface area contributed by atoms with Crippen molar-refractivity contribution in [2.45, 2.75) is 66.5 Å². The molecule has 0 fully saturated rings. The van der Waals surface area contributed by atoms with Gasteiger partial charge in [0.1, 0.15) is 11.4 Å². The molecule has 118 valence electrons. The highest BCUT2D eigenvalue weighted by atomic mass is 16.2. The topological polar surface area (TPSA) is 70.6 Å². The Balaban J connectivity index is 3.02. The Hall–Kier alpha value is -1.65. The first-order valence-corrected chi connectivity index (χ1v) is 7.30. The van der Waals surface area contributed by atoms with Crippen LogP contribution >= 0.6 is 0 Å². The Morgan fingerprint density at radius 1 is 1.29 bits per heavy atom. The molecule has 2 amide bonds. The second kappa shape index (κ2) is 5.62. The average Bonchev–Trinajstić information content (AvgIpc) is 2.63. The standard InChI is InChI=1S/C16H27N3O2/c1-9(2)16(8)14(21)17-12(18-16)10(3)11(4)13(20)19-15(5,6)7/h9H,1-8H3,(H,19,20)(H,17,18,21)/b11-10-. The number of aliphatic imine (C=N–C) groups is 1. The predicted octanol–water partition coefficient (Wildman–Crippen LogP) is 2.18. The summed E-state index contributed by atoms with van der Waals surface area (Å²) in [6.45, 7) is 15.1. The van der Waals surface area contributed by atoms with Crippen molar-refractivity contribution in [2.24, 2.45) is 10.9 Å². The predicted molar refractivity (Wildman–Crippen MR) is 85.1 cm³/mol. The molecule has 0 bridgehead atoms. The maximum absolute atomic E-state index is 12.2. The van der Waals surface area contributed by atoms with Crippen molar-refractivity contribution < 1.29 is 9.59 Å². The molecule has 1 unspecified atom stereocenters. The summed E-state index contributed by atoms with van der Waals surface area (Å²) < 4.78 is 0. The fourth-order valence-corrected chi connectivity index (χ4v) is 1.90. The lowest BCUT2D eigenvalue weighted by molar-refractivity contribution is -0.123. The Bertz CT molecular complexity index is 524. The van der Waals surface area contributed by atoms with Gasteiger partial charge in [-0.3, -0.25) is 9.59 Å². The fourth-order valence-electron chi connectivity index (χ4n) is 1.90. The first-order valence-electron chi connectivity index (χ1n) is 7.30. The maximum atomic E-state index is 12.2. The second-order valence-corrected chi connectivity index (χ2v) is 7.20. The molecule has 0 radical (unpaired) electrons. The number of hydrogen-bond acceptors (Lipinski definition) is 3. The van der Waals surface area contributed by atoms with Gasteiger partial charge in [0.05, 0.1) is 0 Å². The summed E-state index contributed by atoms with van der Waals surface area (Å²) in [7, 11) is 0. The number of nitrogens with one attached hydrogen (secondary N) is 2. The van der Waals surface area contributed by atoms with Crippen LogP contribution in [-0.2, 0) is 9.59 Å². The minimum absolute atomic E-state index is 0.114. The van der Waals surface area contributed by atoms with Crippen LogP contribution in [0.3, 0.4) is 0 Å². The molecule has 0 spiro atoms. The van der Waals surface area contributed by atoms with Crippen molar-refractivity contribution in [2.75, 3.05) is 0 Å². The number of nitrogens with zero attached hydrogens (tertiary/aromatic N) is 1. The van der Waals surface area contributed by atoms with Gasteiger partial charge in [0.2, 0.25) is 5.91 Å². The highest BCUT2D eigenvalue weighted by Gasteiger charge is 2.42. The molecule has 0 saturated heterocycles. The van der Waals surface area contributed by atoms with Crippen LogP contribution in [0.15, 0.2) is 16.1 Å². The Kier molecular flexibility index (Phi) is 4.66. The number of rotatable bonds is 3. The Labute approximate surface area is 127 Å². The van der Waals surface area contributed by atoms with Crippen LogP contribution in [0.2, 0.25) is 0 Å². The normalized spacial score (nSPS) is 23.7. The monoisotopic (exact) mass is 293 g/mol. The molecular weight excluding hydrogens is 266 g/mol. The van der Waals surface area contributed by atoms with E-state index in [-0.39, 0.29) is 23.3 Å². The molecule has 1 atom stereocenters. The molecule has 1 aliphatic heterocycles. The van der Waals surface area contributed by atoms with Crippen LogP contribution in [-0.4, -0.2) is 28.7 Å². The van der Waals surface area contributed by atoms with Crippen LogP contribution in [0.4, 0.5) is 0 Å². The zero-order valence-corrected chi connectivity index (χ0v) is 14.3. The number of amidine groups is 1. The minimum Gasteiger partial charge on any atom is -0.356 e. The summed E-state index contributed by atoms with van der Waals surface area (Å²) in [5.41, 5.74) is 0.273. The number of carbonyl (C=O) groups is 2. The lowest BCUT2D eigenvalue weighted by Gasteiger charge is -2.27. The fraction of sp³-hybridized carbons (Fsp3) is 0.688. The van der Waals surface area contributed by atoms with Gasteiger partial charge in [0.25, 0.3) is 5.91 Å². The quantitative estimate of drug-likeness (QED) is 0.784. The summed E-state index contributed by atoms with van der Waals surface area (Å²) >= 11 is 0. The van der Waals surface area contributed by atoms with E-state index >= 15 is 0 Å². The third kappa shape index (κ3) is 3.71. The Morgan fingerprint density at radius 2 is 1.81 bits per heavy atom. The van der Waals surface area contributed by atoms with E-state index in [2.05, 4.69) is 15.6 Å². The van der Waals surface area contributed by atoms with Crippen molar-refractivity contribution in [1.29, 1.82) is 0 Å². The van der Waals surface area contributed by atoms with Gasteiger partial charge in [-0.25, -0.2) is 0 Å². The molecule has 1 aliphatic rings. The third-order valence-corrected chi connectivity index (χ3v) is 3.94. The van der Waals surface area contributed by atoms with Gasteiger partial charge in [-0.05, 0) is 53.0 Å². The van der Waals surface area contributed by atoms with Gasteiger partial charge in [0, 0.05) is 11.1 Å². The van der Waals surface area contributed by atoms with E-state index < -0.39 is 5.54 Å². The molecule has 2 N–H and O–H groups in total. The van der Waals surface area contributed by atoms with E-state index in [0.717, 1.165) is 0 Å². The zero-order chi connectivity index (χ0) is 16.6. The van der Waals surface area contributed by atoms with Gasteiger partial charge >= 0.3 is 0 Å². The van der Waals surface area contributed by atoms with Crippen LogP contribution in [0.25, 0.3) is 0 Å². The molecule has 0 aromatic rings. The van der Waals surface area contributed by atoms with Gasteiger partial charge < -0.3 is 10.6 Å². The van der Waals surface area contributed by atoms with E-state index in [1.807, 2.05) is 48.5 Å². The summed E-state index contributed by atoms with van der Waals surface area (Å²) in [5, 5.41) is 6.09. The van der Waals surface area contributed by atoms with Crippen LogP contribution in [0.1, 0.15) is 55.4 Å². The zero-order valence-electron chi connectivity index (χ0n) is 14.3. The van der Waals surface area contributed by atoms with Gasteiger partial charge in [0.15, 0.2) is 0 Å². The van der Waals surface area contributed by atoms with Gasteiger partial charge in [-0.15, -0.1) is 0 Å². The van der Waals surface area contributed by atoms with E-state index in [1.165, 1.54) is 0 Å². The smallest absolute Gasteiger partial charge is 0.273 e. The van der Waals surface area contributed by atoms with Crippen LogP contribution < -0.4 is 10.6 Å². The summed E-state index contributed by atoms with van der Waals surface area (Å²) in [4.78, 5) is 28.4. The van der Waals surface area contributed by atoms with Crippen LogP contribution in [0, 0.1) is 5.92 Å². The Morgan fingerprint density at radius 3 is 2.19 bits per heavy atom. The van der Waals surface area contributed by atoms with Crippen molar-refractivity contribution in [3.8, 4) is 0 Å². The lowest BCUT2D eigenvalue weighted by atomic mass is 9.88. The highest BCUT2D eigenvalue weighted by molar-refractivity contribution is 6.16. The first kappa shape index (κ1) is 17.4. The maximum Gasteiger partial charge on any atom is 0.273 e. The molecule has 0 aromatic carbocycles. The molecule has 1 heterocycles. The van der Waals surface area contributed by atoms with E-state index in [9.17, 15) is 9.59 Å². The minimum atomic E-state index is -0.697. The van der Waals surface area contributed by atoms with E-state index in [4.69, 9.17) is 0 Å². The van der Waals surface area contributed by atoms with Crippen molar-refractivity contribution in [3.63, 3.8) is 0 Å². The first-order chi connectivity index (χ1) is 9.38. The summed E-state index contributed by atoms with van der Waals surface area (Å²) in [6.07, 6.45) is 0. The van der Waals surface area contributed by atoms with Crippen LogP contribution in [0.5, 0.6) is 0 Å². The molecular formula is C16H27N3O2. The summed E-state index contributed by atoms with van der Waals surface area (Å²) in [6, 6.07) is 0. The molecule has 21 heavy (non-hydrogen) atoms. The SMILES string of the molecule is C/C(C(=O)NC(C)(C)C)=C(\C)C1=NC(=O)C(C)(C(C)C)N1. The van der Waals surface area contributed by atoms with Gasteiger partial charge in [-0.2, -0.15) is 4.99 Å². The van der Waals surface area contributed by atoms with Gasteiger partial charge in [-0.1, -0.05) is 13.8 Å². The third-order valence-electron chi connectivity index (χ3n) is 3.94. The van der Waals surface area contributed by atoms with E-state index in [0.29, 0.717) is 17.0 Å². The highest BCUT2D eigenvalue weighted by Crippen LogP contribution is 2.24. The molecule has 0 aromatic heterocycles. The largest absolute Gasteiger partial charge is 0.356 e. The number of carbonyl (C=O) groups excluding carboxylic acids is 2. The molecule has 5 heteroatoms. The van der Waals surface area contributed by atoms with E-state index in [1.54, 1.807) is 6.92 Å². The molecule has 0 aliphatic carbocycles. The molecule has 0 saturated carbocycles. The summed E-state index contributed by atoms with van der Waals surface area (Å²) in [5.74, 6) is 0.284. The average molecular weight is 293 g/mol. The number of amides is 2. The lowest BCUT2D eigenvalue weighted by Crippen LogP contribution is -2.50. The van der Waals surface area contributed by atoms with Crippen molar-refractivity contribution in [3.05, 3.63) is 11.1 Å².